The van der Waals surface area contributed by atoms with Crippen LogP contribution in [0.2, 0.25) is 0 Å². The third-order valence-electron chi connectivity index (χ3n) is 2.36. The van der Waals surface area contributed by atoms with Gasteiger partial charge >= 0.3 is 5.69 Å². The minimum Gasteiger partial charge on any atom is -0.390 e. The van der Waals surface area contributed by atoms with Crippen molar-refractivity contribution in [3.8, 4) is 6.07 Å². The van der Waals surface area contributed by atoms with Gasteiger partial charge in [0.1, 0.15) is 12.2 Å². The summed E-state index contributed by atoms with van der Waals surface area (Å²) in [6.45, 7) is 0.171. The van der Waals surface area contributed by atoms with Crippen molar-refractivity contribution in [1.82, 2.24) is 4.98 Å². The van der Waals surface area contributed by atoms with E-state index in [0.717, 1.165) is 12.3 Å². The standard InChI is InChI=1S/C10H12N4O4/c11-2-1-9(15)10(16)6-3-8(14(17)18)7(4-12)13-5-6/h3,5,9-10,15-16H,1-2,11H2. The van der Waals surface area contributed by atoms with E-state index < -0.39 is 22.8 Å². The molecule has 1 rings (SSSR count). The molecule has 96 valence electrons. The molecule has 0 saturated heterocycles. The highest BCUT2D eigenvalue weighted by Gasteiger charge is 2.23. The van der Waals surface area contributed by atoms with E-state index in [1.807, 2.05) is 0 Å². The number of aliphatic hydroxyl groups excluding tert-OH is 2. The van der Waals surface area contributed by atoms with Gasteiger partial charge in [0.15, 0.2) is 0 Å². The molecule has 0 amide bonds. The minimum absolute atomic E-state index is 0.0710. The highest BCUT2D eigenvalue weighted by atomic mass is 16.6. The molecule has 0 aliphatic carbocycles. The second-order valence-electron chi connectivity index (χ2n) is 3.59. The predicted molar refractivity (Wildman–Crippen MR) is 60.2 cm³/mol. The first-order valence-electron chi connectivity index (χ1n) is 5.12. The van der Waals surface area contributed by atoms with E-state index in [-0.39, 0.29) is 24.2 Å². The number of nitrogens with zero attached hydrogens (tertiary/aromatic N) is 3. The quantitative estimate of drug-likeness (QED) is 0.477. The number of pyridine rings is 1. The SMILES string of the molecule is N#Cc1ncc(C(O)C(O)CCN)cc1[N+](=O)[O-]. The number of aromatic nitrogens is 1. The zero-order chi connectivity index (χ0) is 13.7. The van der Waals surface area contributed by atoms with Gasteiger partial charge in [-0.3, -0.25) is 10.1 Å². The Morgan fingerprint density at radius 1 is 1.61 bits per heavy atom. The Balaban J connectivity index is 3.09. The van der Waals surface area contributed by atoms with Crippen LogP contribution < -0.4 is 5.73 Å². The maximum absolute atomic E-state index is 10.7. The van der Waals surface area contributed by atoms with Gasteiger partial charge in [0.05, 0.1) is 11.0 Å². The summed E-state index contributed by atoms with van der Waals surface area (Å²) in [6, 6.07) is 2.60. The molecule has 4 N–H and O–H groups in total. The van der Waals surface area contributed by atoms with Gasteiger partial charge in [-0.1, -0.05) is 0 Å². The summed E-state index contributed by atoms with van der Waals surface area (Å²) in [6.07, 6.45) is -1.19. The molecule has 0 fully saturated rings. The fourth-order valence-corrected chi connectivity index (χ4v) is 1.41. The smallest absolute Gasteiger partial charge is 0.306 e. The summed E-state index contributed by atoms with van der Waals surface area (Å²) >= 11 is 0. The van der Waals surface area contributed by atoms with Crippen LogP contribution >= 0.6 is 0 Å². The number of nitriles is 1. The molecule has 1 aromatic heterocycles. The van der Waals surface area contributed by atoms with Crippen molar-refractivity contribution in [1.29, 1.82) is 5.26 Å². The average Bonchev–Trinajstić information content (AvgIpc) is 2.37. The van der Waals surface area contributed by atoms with Crippen LogP contribution in [0.1, 0.15) is 23.8 Å². The lowest BCUT2D eigenvalue weighted by atomic mass is 10.0. The number of nitrogens with two attached hydrogens (primary N) is 1. The third-order valence-corrected chi connectivity index (χ3v) is 2.36. The van der Waals surface area contributed by atoms with Crippen molar-refractivity contribution < 1.29 is 15.1 Å². The Bertz CT molecular complexity index is 485. The number of hydrogen-bond acceptors (Lipinski definition) is 7. The van der Waals surface area contributed by atoms with Crippen molar-refractivity contribution in [2.75, 3.05) is 6.54 Å². The van der Waals surface area contributed by atoms with E-state index in [1.165, 1.54) is 0 Å². The van der Waals surface area contributed by atoms with Gasteiger partial charge in [-0.15, -0.1) is 0 Å². The molecule has 2 atom stereocenters. The minimum atomic E-state index is -1.33. The summed E-state index contributed by atoms with van der Waals surface area (Å²) in [7, 11) is 0. The van der Waals surface area contributed by atoms with Gasteiger partial charge in [-0.25, -0.2) is 4.98 Å². The molecule has 18 heavy (non-hydrogen) atoms. The molecule has 0 radical (unpaired) electrons. The monoisotopic (exact) mass is 252 g/mol. The molecule has 8 heteroatoms. The van der Waals surface area contributed by atoms with Gasteiger partial charge in [0, 0.05) is 17.8 Å². The van der Waals surface area contributed by atoms with Crippen LogP contribution in [0.15, 0.2) is 12.3 Å². The van der Waals surface area contributed by atoms with E-state index in [9.17, 15) is 20.3 Å². The third kappa shape index (κ3) is 2.98. The van der Waals surface area contributed by atoms with Crippen LogP contribution in [0.5, 0.6) is 0 Å². The molecule has 0 aromatic carbocycles. The lowest BCUT2D eigenvalue weighted by molar-refractivity contribution is -0.385. The molecular weight excluding hydrogens is 240 g/mol. The zero-order valence-electron chi connectivity index (χ0n) is 9.35. The van der Waals surface area contributed by atoms with E-state index in [1.54, 1.807) is 6.07 Å². The Hall–Kier alpha value is -2.08. The van der Waals surface area contributed by atoms with E-state index in [0.29, 0.717) is 0 Å². The lowest BCUT2D eigenvalue weighted by Crippen LogP contribution is -2.22. The molecule has 0 spiro atoms. The van der Waals surface area contributed by atoms with Gasteiger partial charge in [0.25, 0.3) is 0 Å². The Kier molecular flexibility index (Phi) is 4.67. The van der Waals surface area contributed by atoms with E-state index in [4.69, 9.17) is 11.0 Å². The predicted octanol–water partition coefficient (Wildman–Crippen LogP) is -0.395. The van der Waals surface area contributed by atoms with E-state index >= 15 is 0 Å². The Morgan fingerprint density at radius 2 is 2.28 bits per heavy atom. The fraction of sp³-hybridized carbons (Fsp3) is 0.400. The van der Waals surface area contributed by atoms with Gasteiger partial charge in [-0.05, 0) is 13.0 Å². The zero-order valence-corrected chi connectivity index (χ0v) is 9.35. The maximum atomic E-state index is 10.7. The van der Waals surface area contributed by atoms with Crippen LogP contribution in [0.4, 0.5) is 5.69 Å². The molecule has 0 saturated carbocycles. The summed E-state index contributed by atoms with van der Waals surface area (Å²) in [5.41, 5.74) is 4.45. The Morgan fingerprint density at radius 3 is 2.78 bits per heavy atom. The first-order chi connectivity index (χ1) is 8.51. The molecule has 1 heterocycles. The number of rotatable bonds is 5. The highest BCUT2D eigenvalue weighted by molar-refractivity contribution is 5.45. The maximum Gasteiger partial charge on any atom is 0.306 e. The fourth-order valence-electron chi connectivity index (χ4n) is 1.41. The van der Waals surface area contributed by atoms with Crippen LogP contribution in [0.25, 0.3) is 0 Å². The topological polar surface area (TPSA) is 146 Å². The average molecular weight is 252 g/mol. The molecule has 0 bridgehead atoms. The van der Waals surface area contributed by atoms with Crippen molar-refractivity contribution in [2.45, 2.75) is 18.6 Å². The Labute approximate surface area is 102 Å². The second kappa shape index (κ2) is 6.02. The van der Waals surface area contributed by atoms with Crippen LogP contribution in [0.3, 0.4) is 0 Å². The van der Waals surface area contributed by atoms with Crippen LogP contribution in [0, 0.1) is 21.4 Å². The first kappa shape index (κ1) is 14.0. The summed E-state index contributed by atoms with van der Waals surface area (Å²) in [5.74, 6) is 0. The summed E-state index contributed by atoms with van der Waals surface area (Å²) in [4.78, 5) is 13.5. The molecule has 0 aliphatic rings. The van der Waals surface area contributed by atoms with Gasteiger partial charge < -0.3 is 15.9 Å². The van der Waals surface area contributed by atoms with Crippen molar-refractivity contribution in [3.05, 3.63) is 33.6 Å². The highest BCUT2D eigenvalue weighted by Crippen LogP contribution is 2.24. The van der Waals surface area contributed by atoms with Gasteiger partial charge in [0.2, 0.25) is 5.69 Å². The molecular formula is C10H12N4O4. The molecule has 8 nitrogen and oxygen atoms in total. The molecule has 2 unspecified atom stereocenters. The van der Waals surface area contributed by atoms with E-state index in [2.05, 4.69) is 4.98 Å². The number of hydrogen-bond donors (Lipinski definition) is 3. The van der Waals surface area contributed by atoms with Crippen molar-refractivity contribution in [3.63, 3.8) is 0 Å². The molecule has 1 aromatic rings. The molecule has 0 aliphatic heterocycles. The lowest BCUT2D eigenvalue weighted by Gasteiger charge is -2.16. The number of nitro groups is 1. The van der Waals surface area contributed by atoms with Gasteiger partial charge in [-0.2, -0.15) is 5.26 Å². The van der Waals surface area contributed by atoms with Crippen LogP contribution in [-0.4, -0.2) is 32.8 Å². The van der Waals surface area contributed by atoms with Crippen molar-refractivity contribution in [2.24, 2.45) is 5.73 Å². The first-order valence-corrected chi connectivity index (χ1v) is 5.12. The normalized spacial score (nSPS) is 13.7. The summed E-state index contributed by atoms with van der Waals surface area (Å²) < 4.78 is 0. The largest absolute Gasteiger partial charge is 0.390 e. The summed E-state index contributed by atoms with van der Waals surface area (Å²) in [5, 5.41) is 38.6. The van der Waals surface area contributed by atoms with Crippen molar-refractivity contribution >= 4 is 5.69 Å². The second-order valence-corrected chi connectivity index (χ2v) is 3.59. The number of aliphatic hydroxyl groups is 2. The van der Waals surface area contributed by atoms with Crippen LogP contribution in [-0.2, 0) is 0 Å².